The quantitative estimate of drug-likeness (QED) is 0.513. The first-order valence-electron chi connectivity index (χ1n) is 11.4. The lowest BCUT2D eigenvalue weighted by molar-refractivity contribution is 0.201. The summed E-state index contributed by atoms with van der Waals surface area (Å²) in [6, 6.07) is 25.8. The molecule has 1 atom stereocenters. The van der Waals surface area contributed by atoms with Crippen molar-refractivity contribution in [2.75, 3.05) is 19.8 Å². The summed E-state index contributed by atoms with van der Waals surface area (Å²) < 4.78 is 11.4. The van der Waals surface area contributed by atoms with E-state index in [4.69, 9.17) is 14.6 Å². The van der Waals surface area contributed by atoms with Gasteiger partial charge in [0.25, 0.3) is 0 Å². The molecule has 1 N–H and O–H groups in total. The Morgan fingerprint density at radius 3 is 2.16 bits per heavy atom. The lowest BCUT2D eigenvalue weighted by atomic mass is 9.65. The highest BCUT2D eigenvalue weighted by Gasteiger charge is 2.47. The number of allylic oxidation sites excluding steroid dienone is 4. The zero-order chi connectivity index (χ0) is 22.0. The molecule has 0 aromatic heterocycles. The van der Waals surface area contributed by atoms with Crippen molar-refractivity contribution in [3.63, 3.8) is 0 Å². The summed E-state index contributed by atoms with van der Waals surface area (Å²) in [5.74, 6) is 1.66. The second-order valence-electron chi connectivity index (χ2n) is 8.18. The molecule has 0 amide bonds. The average Bonchev–Trinajstić information content (AvgIpc) is 3.15. The number of rotatable bonds is 7. The van der Waals surface area contributed by atoms with E-state index in [1.807, 2.05) is 19.1 Å². The number of benzene rings is 3. The highest BCUT2D eigenvalue weighted by atomic mass is 16.5. The lowest BCUT2D eigenvalue weighted by Gasteiger charge is -2.36. The van der Waals surface area contributed by atoms with Crippen LogP contribution in [0.2, 0.25) is 0 Å². The van der Waals surface area contributed by atoms with Crippen LogP contribution in [0.4, 0.5) is 0 Å². The van der Waals surface area contributed by atoms with E-state index in [9.17, 15) is 0 Å². The van der Waals surface area contributed by atoms with Crippen LogP contribution in [0.5, 0.6) is 11.5 Å². The van der Waals surface area contributed by atoms with Gasteiger partial charge in [-0.15, -0.1) is 0 Å². The summed E-state index contributed by atoms with van der Waals surface area (Å²) in [6.07, 6.45) is 6.65. The van der Waals surface area contributed by atoms with Crippen LogP contribution < -0.4 is 9.47 Å². The Morgan fingerprint density at radius 1 is 0.844 bits per heavy atom. The fourth-order valence-electron chi connectivity index (χ4n) is 5.27. The summed E-state index contributed by atoms with van der Waals surface area (Å²) in [6.45, 7) is 2.97. The van der Waals surface area contributed by atoms with Gasteiger partial charge in [-0.25, -0.2) is 0 Å². The lowest BCUT2D eigenvalue weighted by Crippen LogP contribution is -2.30. The molecule has 0 heterocycles. The van der Waals surface area contributed by atoms with Crippen LogP contribution in [0.3, 0.4) is 0 Å². The minimum atomic E-state index is -0.350. The van der Waals surface area contributed by atoms with E-state index in [-0.39, 0.29) is 12.0 Å². The number of aliphatic hydroxyl groups is 1. The van der Waals surface area contributed by atoms with E-state index < -0.39 is 0 Å². The van der Waals surface area contributed by atoms with E-state index in [0.29, 0.717) is 13.2 Å². The number of hydrogen-bond acceptors (Lipinski definition) is 3. The fourth-order valence-corrected chi connectivity index (χ4v) is 5.27. The van der Waals surface area contributed by atoms with Gasteiger partial charge < -0.3 is 14.6 Å². The van der Waals surface area contributed by atoms with Gasteiger partial charge in [-0.05, 0) is 77.4 Å². The molecule has 0 radical (unpaired) electrons. The molecular weight excluding hydrogens is 396 g/mol. The highest BCUT2D eigenvalue weighted by molar-refractivity contribution is 5.90. The number of hydrogen-bond donors (Lipinski definition) is 1. The van der Waals surface area contributed by atoms with Crippen LogP contribution in [0, 0.1) is 0 Å². The van der Waals surface area contributed by atoms with Crippen LogP contribution >= 0.6 is 0 Å². The first kappa shape index (κ1) is 20.6. The Morgan fingerprint density at radius 2 is 1.50 bits per heavy atom. The number of aliphatic hydroxyl groups excluding tert-OH is 1. The SMILES string of the molecule is CCOc1ccc(C2(c3ccc(OCCO)cc3)C3=C(C=CCC3)c3ccccc32)cc1. The van der Waals surface area contributed by atoms with Gasteiger partial charge in [-0.1, -0.05) is 60.7 Å². The largest absolute Gasteiger partial charge is 0.494 e. The molecule has 5 rings (SSSR count). The van der Waals surface area contributed by atoms with Gasteiger partial charge in [0.15, 0.2) is 0 Å². The maximum Gasteiger partial charge on any atom is 0.119 e. The van der Waals surface area contributed by atoms with Crippen LogP contribution in [0.25, 0.3) is 5.57 Å². The first-order chi connectivity index (χ1) is 15.8. The minimum absolute atomic E-state index is 0.00776. The highest BCUT2D eigenvalue weighted by Crippen LogP contribution is 2.57. The fraction of sp³-hybridized carbons (Fsp3) is 0.241. The van der Waals surface area contributed by atoms with Crippen molar-refractivity contribution in [2.24, 2.45) is 0 Å². The number of ether oxygens (including phenoxy) is 2. The normalized spacial score (nSPS) is 18.9. The summed E-state index contributed by atoms with van der Waals surface area (Å²) in [5.41, 5.74) is 7.56. The Labute approximate surface area is 189 Å². The van der Waals surface area contributed by atoms with Gasteiger partial charge >= 0.3 is 0 Å². The smallest absolute Gasteiger partial charge is 0.119 e. The first-order valence-corrected chi connectivity index (χ1v) is 11.4. The standard InChI is InChI=1S/C29H28O3/c1-2-31-23-15-11-21(12-16-23)29(22-13-17-24(18-14-22)32-20-19-30)27-9-5-3-7-25(27)26-8-4-6-10-28(26)29/h3-5,7-9,11-18,30H,2,6,10,19-20H2,1H3. The third-order valence-electron chi connectivity index (χ3n) is 6.49. The van der Waals surface area contributed by atoms with Gasteiger partial charge in [0.05, 0.1) is 18.6 Å². The Kier molecular flexibility index (Phi) is 5.59. The molecule has 162 valence electrons. The molecule has 0 saturated carbocycles. The van der Waals surface area contributed by atoms with Crippen molar-refractivity contribution < 1.29 is 14.6 Å². The maximum absolute atomic E-state index is 9.10. The molecule has 2 aliphatic carbocycles. The second kappa shape index (κ2) is 8.68. The van der Waals surface area contributed by atoms with E-state index in [1.54, 1.807) is 0 Å². The van der Waals surface area contributed by atoms with Gasteiger partial charge in [0.2, 0.25) is 0 Å². The minimum Gasteiger partial charge on any atom is -0.494 e. The van der Waals surface area contributed by atoms with Crippen LogP contribution in [0.1, 0.15) is 42.0 Å². The average molecular weight is 425 g/mol. The summed E-state index contributed by atoms with van der Waals surface area (Å²) in [4.78, 5) is 0. The van der Waals surface area contributed by atoms with Crippen molar-refractivity contribution in [1.82, 2.24) is 0 Å². The molecule has 0 spiro atoms. The van der Waals surface area contributed by atoms with E-state index in [2.05, 4.69) is 72.8 Å². The summed E-state index contributed by atoms with van der Waals surface area (Å²) in [7, 11) is 0. The Bertz CT molecular complexity index is 1160. The zero-order valence-corrected chi connectivity index (χ0v) is 18.4. The molecule has 3 aromatic carbocycles. The monoisotopic (exact) mass is 424 g/mol. The topological polar surface area (TPSA) is 38.7 Å². The Balaban J connectivity index is 1.73. The predicted octanol–water partition coefficient (Wildman–Crippen LogP) is 5.91. The molecule has 0 aliphatic heterocycles. The predicted molar refractivity (Wildman–Crippen MR) is 128 cm³/mol. The van der Waals surface area contributed by atoms with Crippen molar-refractivity contribution in [3.05, 3.63) is 113 Å². The zero-order valence-electron chi connectivity index (χ0n) is 18.4. The van der Waals surface area contributed by atoms with Crippen LogP contribution in [0.15, 0.2) is 90.5 Å². The third kappa shape index (κ3) is 3.25. The molecular formula is C29H28O3. The molecule has 0 fully saturated rings. The van der Waals surface area contributed by atoms with Crippen molar-refractivity contribution in [2.45, 2.75) is 25.2 Å². The molecule has 2 aliphatic rings. The molecule has 32 heavy (non-hydrogen) atoms. The molecule has 3 heteroatoms. The van der Waals surface area contributed by atoms with Crippen LogP contribution in [-0.2, 0) is 5.41 Å². The molecule has 0 saturated heterocycles. The van der Waals surface area contributed by atoms with Crippen molar-refractivity contribution in [1.29, 1.82) is 0 Å². The Hall–Kier alpha value is -3.30. The van der Waals surface area contributed by atoms with Gasteiger partial charge in [0, 0.05) is 0 Å². The van der Waals surface area contributed by atoms with Gasteiger partial charge in [-0.3, -0.25) is 0 Å². The van der Waals surface area contributed by atoms with Gasteiger partial charge in [0.1, 0.15) is 18.1 Å². The van der Waals surface area contributed by atoms with E-state index in [0.717, 1.165) is 24.3 Å². The van der Waals surface area contributed by atoms with E-state index in [1.165, 1.54) is 33.4 Å². The molecule has 0 bridgehead atoms. The third-order valence-corrected chi connectivity index (χ3v) is 6.49. The summed E-state index contributed by atoms with van der Waals surface area (Å²) in [5, 5.41) is 9.10. The summed E-state index contributed by atoms with van der Waals surface area (Å²) >= 11 is 0. The van der Waals surface area contributed by atoms with Crippen molar-refractivity contribution >= 4 is 5.57 Å². The van der Waals surface area contributed by atoms with Crippen LogP contribution in [-0.4, -0.2) is 24.9 Å². The van der Waals surface area contributed by atoms with Gasteiger partial charge in [-0.2, -0.15) is 0 Å². The van der Waals surface area contributed by atoms with E-state index >= 15 is 0 Å². The second-order valence-corrected chi connectivity index (χ2v) is 8.18. The van der Waals surface area contributed by atoms with Crippen molar-refractivity contribution in [3.8, 4) is 11.5 Å². The molecule has 1 unspecified atom stereocenters. The number of fused-ring (bicyclic) bond motifs is 2. The molecule has 3 nitrogen and oxygen atoms in total. The maximum atomic E-state index is 9.10. The molecule has 3 aromatic rings.